The maximum Gasteiger partial charge on any atom is 0.234 e. The summed E-state index contributed by atoms with van der Waals surface area (Å²) < 4.78 is 0. The van der Waals surface area contributed by atoms with Gasteiger partial charge in [0.1, 0.15) is 5.41 Å². The molecule has 0 aromatic carbocycles. The average molecular weight is 254 g/mol. The first kappa shape index (κ1) is 12.7. The highest BCUT2D eigenvalue weighted by Crippen LogP contribution is 2.41. The van der Waals surface area contributed by atoms with Gasteiger partial charge < -0.3 is 21.6 Å². The molecule has 1 aliphatic carbocycles. The summed E-state index contributed by atoms with van der Waals surface area (Å²) in [7, 11) is 0. The Morgan fingerprint density at radius 2 is 2.33 bits per heavy atom. The zero-order chi connectivity index (χ0) is 13.2. The van der Waals surface area contributed by atoms with E-state index >= 15 is 0 Å². The van der Waals surface area contributed by atoms with Gasteiger partial charge in [0, 0.05) is 19.0 Å². The highest BCUT2D eigenvalue weighted by atomic mass is 16.4. The van der Waals surface area contributed by atoms with Crippen LogP contribution in [-0.2, 0) is 9.59 Å². The lowest BCUT2D eigenvalue weighted by molar-refractivity contribution is -0.131. The smallest absolute Gasteiger partial charge is 0.234 e. The van der Waals surface area contributed by atoms with Crippen LogP contribution in [0.3, 0.4) is 0 Å². The fraction of sp³-hybridized carbons (Fsp3) is 0.727. The standard InChI is InChI=1S/C11H18N4O3/c12-9(15-18)11(4-1-5-11)10(17)13-6-7-2-3-8(16)14-7/h7,18H,1-6H2,(H2,12,15)(H,13,17)(H,14,16). The number of oxime groups is 1. The van der Waals surface area contributed by atoms with Crippen molar-refractivity contribution in [3.8, 4) is 0 Å². The van der Waals surface area contributed by atoms with Crippen molar-refractivity contribution >= 4 is 17.6 Å². The van der Waals surface area contributed by atoms with Crippen LogP contribution in [-0.4, -0.2) is 35.4 Å². The first-order chi connectivity index (χ1) is 8.58. The Morgan fingerprint density at radius 1 is 1.61 bits per heavy atom. The highest BCUT2D eigenvalue weighted by molar-refractivity contribution is 6.07. The van der Waals surface area contributed by atoms with E-state index in [2.05, 4.69) is 15.8 Å². The molecular weight excluding hydrogens is 236 g/mol. The molecule has 2 fully saturated rings. The van der Waals surface area contributed by atoms with Gasteiger partial charge in [-0.05, 0) is 19.3 Å². The molecule has 1 atom stereocenters. The third-order valence-corrected chi connectivity index (χ3v) is 3.83. The first-order valence-electron chi connectivity index (χ1n) is 6.14. The minimum Gasteiger partial charge on any atom is -0.409 e. The van der Waals surface area contributed by atoms with Crippen LogP contribution in [0.25, 0.3) is 0 Å². The molecule has 18 heavy (non-hydrogen) atoms. The largest absolute Gasteiger partial charge is 0.409 e. The van der Waals surface area contributed by atoms with Crippen molar-refractivity contribution in [3.05, 3.63) is 0 Å². The van der Waals surface area contributed by atoms with Gasteiger partial charge in [-0.15, -0.1) is 0 Å². The van der Waals surface area contributed by atoms with Crippen LogP contribution >= 0.6 is 0 Å². The summed E-state index contributed by atoms with van der Waals surface area (Å²) in [5, 5.41) is 17.2. The third kappa shape index (κ3) is 2.12. The van der Waals surface area contributed by atoms with Crippen molar-refractivity contribution in [2.45, 2.75) is 38.1 Å². The Balaban J connectivity index is 1.89. The second-order valence-electron chi connectivity index (χ2n) is 4.93. The van der Waals surface area contributed by atoms with E-state index in [4.69, 9.17) is 10.9 Å². The molecule has 1 unspecified atom stereocenters. The molecule has 7 heteroatoms. The zero-order valence-electron chi connectivity index (χ0n) is 10.1. The van der Waals surface area contributed by atoms with Gasteiger partial charge in [0.2, 0.25) is 11.8 Å². The van der Waals surface area contributed by atoms with E-state index in [1.165, 1.54) is 0 Å². The number of amidine groups is 1. The molecule has 1 aliphatic heterocycles. The minimum absolute atomic E-state index is 0.00846. The Kier molecular flexibility index (Phi) is 3.40. The highest BCUT2D eigenvalue weighted by Gasteiger charge is 2.48. The van der Waals surface area contributed by atoms with Crippen molar-refractivity contribution in [2.75, 3.05) is 6.54 Å². The van der Waals surface area contributed by atoms with E-state index in [-0.39, 0.29) is 23.7 Å². The quantitative estimate of drug-likeness (QED) is 0.229. The molecule has 1 saturated carbocycles. The topological polar surface area (TPSA) is 117 Å². The maximum absolute atomic E-state index is 12.1. The van der Waals surface area contributed by atoms with Crippen LogP contribution in [0.15, 0.2) is 5.16 Å². The van der Waals surface area contributed by atoms with E-state index in [1.54, 1.807) is 0 Å². The van der Waals surface area contributed by atoms with Crippen LogP contribution in [0.1, 0.15) is 32.1 Å². The zero-order valence-corrected chi connectivity index (χ0v) is 10.1. The van der Waals surface area contributed by atoms with E-state index in [9.17, 15) is 9.59 Å². The summed E-state index contributed by atoms with van der Waals surface area (Å²) in [6.07, 6.45) is 3.34. The van der Waals surface area contributed by atoms with Crippen molar-refractivity contribution < 1.29 is 14.8 Å². The van der Waals surface area contributed by atoms with Gasteiger partial charge in [-0.3, -0.25) is 9.59 Å². The van der Waals surface area contributed by atoms with Gasteiger partial charge in [0.15, 0.2) is 5.84 Å². The fourth-order valence-corrected chi connectivity index (χ4v) is 2.44. The second kappa shape index (κ2) is 4.83. The fourth-order valence-electron chi connectivity index (χ4n) is 2.44. The number of carbonyl (C=O) groups is 2. The Hall–Kier alpha value is -1.79. The number of hydrogen-bond donors (Lipinski definition) is 4. The number of nitrogens with two attached hydrogens (primary N) is 1. The van der Waals surface area contributed by atoms with Crippen molar-refractivity contribution in [1.82, 2.24) is 10.6 Å². The lowest BCUT2D eigenvalue weighted by Crippen LogP contribution is -2.55. The number of amides is 2. The summed E-state index contributed by atoms with van der Waals surface area (Å²) in [6.45, 7) is 0.394. The summed E-state index contributed by atoms with van der Waals surface area (Å²) in [4.78, 5) is 23.1. The molecule has 2 amide bonds. The summed E-state index contributed by atoms with van der Waals surface area (Å²) >= 11 is 0. The molecule has 1 heterocycles. The monoisotopic (exact) mass is 254 g/mol. The van der Waals surface area contributed by atoms with E-state index < -0.39 is 5.41 Å². The summed E-state index contributed by atoms with van der Waals surface area (Å²) in [6, 6.07) is -0.00846. The molecule has 0 bridgehead atoms. The van der Waals surface area contributed by atoms with Crippen LogP contribution < -0.4 is 16.4 Å². The number of carbonyl (C=O) groups excluding carboxylic acids is 2. The Labute approximate surface area is 105 Å². The van der Waals surface area contributed by atoms with E-state index in [0.717, 1.165) is 12.8 Å². The number of nitrogens with zero attached hydrogens (tertiary/aromatic N) is 1. The van der Waals surface area contributed by atoms with Gasteiger partial charge in [-0.1, -0.05) is 11.6 Å². The Bertz CT molecular complexity index is 390. The van der Waals surface area contributed by atoms with Crippen LogP contribution in [0.2, 0.25) is 0 Å². The number of rotatable bonds is 4. The SMILES string of the molecule is NC(=NO)C1(C(=O)NCC2CCC(=O)N2)CCC1. The van der Waals surface area contributed by atoms with Crippen molar-refractivity contribution in [3.63, 3.8) is 0 Å². The van der Waals surface area contributed by atoms with Crippen molar-refractivity contribution in [2.24, 2.45) is 16.3 Å². The molecule has 7 nitrogen and oxygen atoms in total. The minimum atomic E-state index is -0.850. The van der Waals surface area contributed by atoms with Crippen LogP contribution in [0, 0.1) is 5.41 Å². The predicted molar refractivity (Wildman–Crippen MR) is 63.9 cm³/mol. The molecule has 0 spiro atoms. The predicted octanol–water partition coefficient (Wildman–Crippen LogP) is -0.702. The van der Waals surface area contributed by atoms with Gasteiger partial charge in [0.05, 0.1) is 0 Å². The summed E-state index contributed by atoms with van der Waals surface area (Å²) in [5.74, 6) is -0.226. The Morgan fingerprint density at radius 3 is 2.78 bits per heavy atom. The lowest BCUT2D eigenvalue weighted by atomic mass is 9.67. The van der Waals surface area contributed by atoms with Gasteiger partial charge in [-0.25, -0.2) is 0 Å². The molecule has 0 aromatic rings. The van der Waals surface area contributed by atoms with Crippen molar-refractivity contribution in [1.29, 1.82) is 0 Å². The first-order valence-corrected chi connectivity index (χ1v) is 6.14. The van der Waals surface area contributed by atoms with Gasteiger partial charge >= 0.3 is 0 Å². The molecule has 0 radical (unpaired) electrons. The molecule has 1 saturated heterocycles. The number of nitrogens with one attached hydrogen (secondary N) is 2. The van der Waals surface area contributed by atoms with Crippen LogP contribution in [0.5, 0.6) is 0 Å². The third-order valence-electron chi connectivity index (χ3n) is 3.83. The summed E-state index contributed by atoms with van der Waals surface area (Å²) in [5.41, 5.74) is 4.74. The molecule has 5 N–H and O–H groups in total. The van der Waals surface area contributed by atoms with E-state index in [1.807, 2.05) is 0 Å². The molecule has 2 rings (SSSR count). The normalized spacial score (nSPS) is 26.3. The van der Waals surface area contributed by atoms with Gasteiger partial charge in [0.25, 0.3) is 0 Å². The lowest BCUT2D eigenvalue weighted by Gasteiger charge is -2.38. The molecule has 0 aromatic heterocycles. The molecular formula is C11H18N4O3. The van der Waals surface area contributed by atoms with Crippen LogP contribution in [0.4, 0.5) is 0 Å². The van der Waals surface area contributed by atoms with E-state index in [0.29, 0.717) is 25.8 Å². The molecule has 2 aliphatic rings. The maximum atomic E-state index is 12.1. The van der Waals surface area contributed by atoms with Gasteiger partial charge in [-0.2, -0.15) is 0 Å². The second-order valence-corrected chi connectivity index (χ2v) is 4.93. The molecule has 100 valence electrons. The number of hydrogen-bond acceptors (Lipinski definition) is 4. The average Bonchev–Trinajstić information content (AvgIpc) is 2.70.